The van der Waals surface area contributed by atoms with Crippen molar-refractivity contribution in [2.24, 2.45) is 5.92 Å². The average Bonchev–Trinajstić information content (AvgIpc) is 3.42. The maximum atomic E-state index is 13.5. The highest BCUT2D eigenvalue weighted by Gasteiger charge is 2.33. The van der Waals surface area contributed by atoms with Crippen LogP contribution in [0, 0.1) is 18.7 Å². The van der Waals surface area contributed by atoms with Gasteiger partial charge in [0.15, 0.2) is 0 Å². The number of aromatic amines is 1. The number of aromatic nitrogens is 2. The molecule has 1 aromatic carbocycles. The van der Waals surface area contributed by atoms with E-state index in [1.165, 1.54) is 12.1 Å². The zero-order chi connectivity index (χ0) is 16.7. The van der Waals surface area contributed by atoms with Gasteiger partial charge < -0.3 is 0 Å². The molecular formula is C19H17FN3O+. The first kappa shape index (κ1) is 14.8. The molecule has 0 bridgehead atoms. The monoisotopic (exact) mass is 322 g/mol. The number of carbonyl (C=O) groups is 1. The highest BCUT2D eigenvalue weighted by molar-refractivity contribution is 5.94. The number of fused-ring (bicyclic) bond motifs is 1. The lowest BCUT2D eigenvalue weighted by atomic mass is 10.0. The van der Waals surface area contributed by atoms with Crippen LogP contribution in [0.1, 0.15) is 18.4 Å². The third-order valence-electron chi connectivity index (χ3n) is 4.33. The Labute approximate surface area is 138 Å². The molecule has 2 heterocycles. The molecule has 24 heavy (non-hydrogen) atoms. The fraction of sp³-hybridized carbons (Fsp3) is 0.211. The quantitative estimate of drug-likeness (QED) is 0.802. The van der Waals surface area contributed by atoms with Crippen LogP contribution in [0.15, 0.2) is 42.7 Å². The van der Waals surface area contributed by atoms with Gasteiger partial charge in [0.05, 0.1) is 17.8 Å². The highest BCUT2D eigenvalue weighted by Crippen LogP contribution is 2.30. The number of halogens is 1. The van der Waals surface area contributed by atoms with Gasteiger partial charge in [-0.05, 0) is 43.5 Å². The number of aryl methyl sites for hydroxylation is 1. The van der Waals surface area contributed by atoms with Gasteiger partial charge in [0.25, 0.3) is 5.82 Å². The van der Waals surface area contributed by atoms with E-state index in [9.17, 15) is 9.18 Å². The summed E-state index contributed by atoms with van der Waals surface area (Å²) in [6, 6.07) is 8.48. The SMILES string of the molecule is Cc1ccc(F)cc1-c1cc2c[nH+]c(NC(=O)C3CC3)cc2cn1. The van der Waals surface area contributed by atoms with Crippen molar-refractivity contribution in [3.63, 3.8) is 0 Å². The molecule has 4 nitrogen and oxygen atoms in total. The minimum atomic E-state index is -0.276. The summed E-state index contributed by atoms with van der Waals surface area (Å²) in [5, 5.41) is 4.75. The molecule has 0 unspecified atom stereocenters. The first-order valence-corrected chi connectivity index (χ1v) is 7.99. The summed E-state index contributed by atoms with van der Waals surface area (Å²) in [7, 11) is 0. The van der Waals surface area contributed by atoms with E-state index in [1.54, 1.807) is 12.3 Å². The molecule has 5 heteroatoms. The van der Waals surface area contributed by atoms with Crippen molar-refractivity contribution in [3.8, 4) is 11.3 Å². The number of H-pyrrole nitrogens is 1. The number of amides is 1. The van der Waals surface area contributed by atoms with E-state index in [0.717, 1.165) is 40.4 Å². The average molecular weight is 322 g/mol. The smallest absolute Gasteiger partial charge is 0.256 e. The van der Waals surface area contributed by atoms with Crippen LogP contribution >= 0.6 is 0 Å². The Morgan fingerprint density at radius 2 is 2.08 bits per heavy atom. The number of nitrogens with one attached hydrogen (secondary N) is 2. The van der Waals surface area contributed by atoms with E-state index in [1.807, 2.05) is 25.3 Å². The molecule has 0 saturated heterocycles. The second-order valence-corrected chi connectivity index (χ2v) is 6.27. The minimum absolute atomic E-state index is 0.0607. The van der Waals surface area contributed by atoms with Crippen LogP contribution in [0.2, 0.25) is 0 Å². The van der Waals surface area contributed by atoms with Crippen molar-refractivity contribution < 1.29 is 14.2 Å². The predicted octanol–water partition coefficient (Wildman–Crippen LogP) is 3.51. The molecule has 3 aromatic rings. The van der Waals surface area contributed by atoms with Crippen LogP contribution in [0.4, 0.5) is 10.2 Å². The summed E-state index contributed by atoms with van der Waals surface area (Å²) in [6.45, 7) is 1.93. The van der Waals surface area contributed by atoms with E-state index >= 15 is 0 Å². The van der Waals surface area contributed by atoms with Crippen LogP contribution in [0.3, 0.4) is 0 Å². The summed E-state index contributed by atoms with van der Waals surface area (Å²) < 4.78 is 13.5. The number of carbonyl (C=O) groups excluding carboxylic acids is 1. The molecule has 0 spiro atoms. The first-order chi connectivity index (χ1) is 11.6. The van der Waals surface area contributed by atoms with E-state index in [2.05, 4.69) is 15.3 Å². The lowest BCUT2D eigenvalue weighted by molar-refractivity contribution is -0.358. The number of hydrogen-bond acceptors (Lipinski definition) is 2. The molecule has 1 fully saturated rings. The molecule has 1 aliphatic carbocycles. The number of pyridine rings is 2. The Kier molecular flexibility index (Phi) is 3.49. The second kappa shape index (κ2) is 5.67. The Bertz CT molecular complexity index is 950. The third kappa shape index (κ3) is 2.85. The zero-order valence-corrected chi connectivity index (χ0v) is 13.3. The fourth-order valence-electron chi connectivity index (χ4n) is 2.75. The van der Waals surface area contributed by atoms with Crippen molar-refractivity contribution in [1.29, 1.82) is 0 Å². The van der Waals surface area contributed by atoms with Gasteiger partial charge in [0.2, 0.25) is 0 Å². The molecule has 1 aliphatic rings. The van der Waals surface area contributed by atoms with E-state index in [-0.39, 0.29) is 17.6 Å². The van der Waals surface area contributed by atoms with Gasteiger partial charge in [-0.3, -0.25) is 4.98 Å². The lowest BCUT2D eigenvalue weighted by Crippen LogP contribution is -2.20. The maximum Gasteiger partial charge on any atom is 0.310 e. The first-order valence-electron chi connectivity index (χ1n) is 7.99. The van der Waals surface area contributed by atoms with Crippen molar-refractivity contribution in [3.05, 3.63) is 54.1 Å². The van der Waals surface area contributed by atoms with Gasteiger partial charge >= 0.3 is 5.91 Å². The van der Waals surface area contributed by atoms with Gasteiger partial charge in [-0.2, -0.15) is 0 Å². The van der Waals surface area contributed by atoms with Crippen molar-refractivity contribution in [2.75, 3.05) is 5.32 Å². The van der Waals surface area contributed by atoms with E-state index in [4.69, 9.17) is 0 Å². The molecule has 0 aliphatic heterocycles. The molecule has 1 saturated carbocycles. The fourth-order valence-corrected chi connectivity index (χ4v) is 2.75. The Morgan fingerprint density at radius 1 is 1.25 bits per heavy atom. The van der Waals surface area contributed by atoms with Crippen molar-refractivity contribution in [1.82, 2.24) is 4.98 Å². The second-order valence-electron chi connectivity index (χ2n) is 6.27. The standard InChI is InChI=1S/C19H16FN3O/c1-11-2-5-15(20)8-16(11)17-6-13-10-22-18(7-14(13)9-21-17)23-19(24)12-3-4-12/h2,5-10,12H,3-4H2,1H3,(H,22,23,24)/p+1. The molecule has 1 amide bonds. The minimum Gasteiger partial charge on any atom is -0.256 e. The summed E-state index contributed by atoms with van der Waals surface area (Å²) in [4.78, 5) is 19.4. The Hall–Kier alpha value is -2.82. The molecular weight excluding hydrogens is 305 g/mol. The summed E-state index contributed by atoms with van der Waals surface area (Å²) in [5.74, 6) is 0.606. The molecule has 4 rings (SSSR count). The Balaban J connectivity index is 1.68. The van der Waals surface area contributed by atoms with Crippen LogP contribution in [-0.2, 0) is 4.79 Å². The number of hydrogen-bond donors (Lipinski definition) is 1. The topological polar surface area (TPSA) is 56.1 Å². The summed E-state index contributed by atoms with van der Waals surface area (Å²) in [6.07, 6.45) is 5.52. The maximum absolute atomic E-state index is 13.5. The number of benzene rings is 1. The summed E-state index contributed by atoms with van der Waals surface area (Å²) >= 11 is 0. The van der Waals surface area contributed by atoms with Crippen molar-refractivity contribution >= 4 is 22.5 Å². The van der Waals surface area contributed by atoms with Crippen LogP contribution in [0.25, 0.3) is 22.0 Å². The van der Waals surface area contributed by atoms with Gasteiger partial charge in [-0.15, -0.1) is 0 Å². The lowest BCUT2D eigenvalue weighted by Gasteiger charge is -2.06. The van der Waals surface area contributed by atoms with Gasteiger partial charge in [-0.25, -0.2) is 19.5 Å². The van der Waals surface area contributed by atoms with Crippen LogP contribution in [-0.4, -0.2) is 10.9 Å². The molecule has 2 aromatic heterocycles. The van der Waals surface area contributed by atoms with Crippen molar-refractivity contribution in [2.45, 2.75) is 19.8 Å². The largest absolute Gasteiger partial charge is 0.310 e. The van der Waals surface area contributed by atoms with Crippen LogP contribution in [0.5, 0.6) is 0 Å². The molecule has 2 N–H and O–H groups in total. The zero-order valence-electron chi connectivity index (χ0n) is 13.3. The number of rotatable bonds is 3. The Morgan fingerprint density at radius 3 is 2.88 bits per heavy atom. The van der Waals surface area contributed by atoms with E-state index in [0.29, 0.717) is 5.82 Å². The normalized spacial score (nSPS) is 13.9. The predicted molar refractivity (Wildman–Crippen MR) is 89.8 cm³/mol. The van der Waals surface area contributed by atoms with Crippen LogP contribution < -0.4 is 10.3 Å². The number of nitrogens with zero attached hydrogens (tertiary/aromatic N) is 1. The molecule has 0 radical (unpaired) electrons. The van der Waals surface area contributed by atoms with Gasteiger partial charge in [-0.1, -0.05) is 6.07 Å². The molecule has 120 valence electrons. The highest BCUT2D eigenvalue weighted by atomic mass is 19.1. The summed E-state index contributed by atoms with van der Waals surface area (Å²) in [5.41, 5.74) is 2.48. The number of anilines is 1. The third-order valence-corrected chi connectivity index (χ3v) is 4.33. The van der Waals surface area contributed by atoms with Gasteiger partial charge in [0, 0.05) is 28.6 Å². The van der Waals surface area contributed by atoms with Gasteiger partial charge in [0.1, 0.15) is 5.82 Å². The van der Waals surface area contributed by atoms with E-state index < -0.39 is 0 Å². The molecule has 0 atom stereocenters.